The van der Waals surface area contributed by atoms with E-state index in [2.05, 4.69) is 15.0 Å². The number of carbonyl (C=O) groups is 1. The Labute approximate surface area is 193 Å². The molecule has 2 aliphatic rings. The van der Waals surface area contributed by atoms with Gasteiger partial charge in [0.1, 0.15) is 11.9 Å². The van der Waals surface area contributed by atoms with Crippen molar-refractivity contribution in [2.24, 2.45) is 5.92 Å². The molecule has 0 radical (unpaired) electrons. The van der Waals surface area contributed by atoms with Gasteiger partial charge in [-0.3, -0.25) is 4.79 Å². The van der Waals surface area contributed by atoms with Gasteiger partial charge in [-0.2, -0.15) is 13.2 Å². The molecular weight excluding hydrogens is 449 g/mol. The molecule has 2 unspecified atom stereocenters. The molecule has 10 heteroatoms. The third-order valence-electron chi connectivity index (χ3n) is 6.29. The maximum absolute atomic E-state index is 13.8. The molecule has 1 amide bonds. The van der Waals surface area contributed by atoms with Crippen molar-refractivity contribution in [3.8, 4) is 23.0 Å². The molecule has 5 rings (SSSR count). The Kier molecular flexibility index (Phi) is 5.59. The smallest absolute Gasteiger partial charge is 0.417 e. The van der Waals surface area contributed by atoms with Gasteiger partial charge in [-0.25, -0.2) is 15.0 Å². The van der Waals surface area contributed by atoms with E-state index in [1.54, 1.807) is 41.6 Å². The number of hydrogen-bond acceptors (Lipinski definition) is 6. The van der Waals surface area contributed by atoms with Crippen LogP contribution in [-0.4, -0.2) is 51.6 Å². The standard InChI is InChI=1S/C24H21F3N4O3/c1-33-18-5-2-4-16(22-28-8-3-9-29-22)21(18)23(32)31-13-14-10-17(31)19(11-14)34-20-7-6-15(12-30-20)24(25,26)27/h2-9,12,14,17,19H,10-11,13H2,1H3/t14?,17?,19-/m0/s1. The zero-order chi connectivity index (χ0) is 23.9. The van der Waals surface area contributed by atoms with Crippen LogP contribution in [0.5, 0.6) is 11.6 Å². The summed E-state index contributed by atoms with van der Waals surface area (Å²) < 4.78 is 49.9. The van der Waals surface area contributed by atoms with Gasteiger partial charge in [-0.1, -0.05) is 12.1 Å². The van der Waals surface area contributed by atoms with Crippen molar-refractivity contribution in [3.05, 3.63) is 66.1 Å². The van der Waals surface area contributed by atoms with Gasteiger partial charge in [-0.15, -0.1) is 0 Å². The monoisotopic (exact) mass is 470 g/mol. The molecule has 1 saturated carbocycles. The third kappa shape index (κ3) is 4.04. The van der Waals surface area contributed by atoms with E-state index in [9.17, 15) is 18.0 Å². The highest BCUT2D eigenvalue weighted by molar-refractivity contribution is 6.03. The fourth-order valence-corrected chi connectivity index (χ4v) is 4.79. The van der Waals surface area contributed by atoms with Crippen LogP contribution in [0, 0.1) is 5.92 Å². The first-order chi connectivity index (χ1) is 16.3. The lowest BCUT2D eigenvalue weighted by Crippen LogP contribution is -2.47. The van der Waals surface area contributed by atoms with Crippen LogP contribution in [0.3, 0.4) is 0 Å². The first-order valence-corrected chi connectivity index (χ1v) is 10.8. The topological polar surface area (TPSA) is 77.4 Å². The average Bonchev–Trinajstić information content (AvgIpc) is 3.44. The third-order valence-corrected chi connectivity index (χ3v) is 6.29. The van der Waals surface area contributed by atoms with Crippen LogP contribution in [0.4, 0.5) is 13.2 Å². The molecule has 3 heterocycles. The molecule has 34 heavy (non-hydrogen) atoms. The fourth-order valence-electron chi connectivity index (χ4n) is 4.79. The minimum absolute atomic E-state index is 0.105. The summed E-state index contributed by atoms with van der Waals surface area (Å²) in [6.07, 6.45) is 0.603. The van der Waals surface area contributed by atoms with Gasteiger partial charge in [0.05, 0.1) is 24.3 Å². The maximum atomic E-state index is 13.8. The summed E-state index contributed by atoms with van der Waals surface area (Å²) in [7, 11) is 1.50. The lowest BCUT2D eigenvalue weighted by Gasteiger charge is -2.33. The summed E-state index contributed by atoms with van der Waals surface area (Å²) in [5, 5.41) is 0. The summed E-state index contributed by atoms with van der Waals surface area (Å²) in [4.78, 5) is 27.9. The Hall–Kier alpha value is -3.69. The van der Waals surface area contributed by atoms with Crippen LogP contribution >= 0.6 is 0 Å². The van der Waals surface area contributed by atoms with Gasteiger partial charge >= 0.3 is 6.18 Å². The number of likely N-dealkylation sites (tertiary alicyclic amines) is 1. The number of nitrogens with zero attached hydrogens (tertiary/aromatic N) is 4. The zero-order valence-corrected chi connectivity index (χ0v) is 18.2. The van der Waals surface area contributed by atoms with Crippen LogP contribution in [-0.2, 0) is 6.18 Å². The van der Waals surface area contributed by atoms with Crippen LogP contribution in [0.1, 0.15) is 28.8 Å². The number of carbonyl (C=O) groups excluding carboxylic acids is 1. The number of ether oxygens (including phenoxy) is 2. The quantitative estimate of drug-likeness (QED) is 0.555. The van der Waals surface area contributed by atoms with Crippen molar-refractivity contribution >= 4 is 5.91 Å². The second kappa shape index (κ2) is 8.58. The molecule has 0 N–H and O–H groups in total. The normalized spacial score (nSPS) is 21.5. The highest BCUT2D eigenvalue weighted by Crippen LogP contribution is 2.42. The number of halogens is 3. The number of rotatable bonds is 5. The molecule has 176 valence electrons. The number of benzene rings is 1. The lowest BCUT2D eigenvalue weighted by molar-refractivity contribution is -0.137. The summed E-state index contributed by atoms with van der Waals surface area (Å²) in [5.74, 6) is 0.949. The molecule has 3 atom stereocenters. The molecule has 1 saturated heterocycles. The van der Waals surface area contributed by atoms with E-state index < -0.39 is 11.7 Å². The molecule has 1 aliphatic carbocycles. The molecule has 1 aromatic carbocycles. The average molecular weight is 470 g/mol. The Balaban J connectivity index is 1.40. The Morgan fingerprint density at radius 3 is 2.50 bits per heavy atom. The summed E-state index contributed by atoms with van der Waals surface area (Å²) in [6, 6.07) is 8.90. The van der Waals surface area contributed by atoms with E-state index in [-0.39, 0.29) is 29.9 Å². The molecule has 2 fully saturated rings. The maximum Gasteiger partial charge on any atom is 0.417 e. The molecule has 2 bridgehead atoms. The van der Waals surface area contributed by atoms with Gasteiger partial charge < -0.3 is 14.4 Å². The molecule has 7 nitrogen and oxygen atoms in total. The summed E-state index contributed by atoms with van der Waals surface area (Å²) >= 11 is 0. The van der Waals surface area contributed by atoms with Gasteiger partial charge in [-0.05, 0) is 37.0 Å². The number of aromatic nitrogens is 3. The SMILES string of the molecule is COc1cccc(-c2ncccn2)c1C(=O)N1CC2CC1[C@@H](Oc1ccc(C(F)(F)F)cn1)C2. The molecule has 1 aliphatic heterocycles. The van der Waals surface area contributed by atoms with Crippen molar-refractivity contribution in [3.63, 3.8) is 0 Å². The number of amides is 1. The van der Waals surface area contributed by atoms with E-state index in [0.29, 0.717) is 35.7 Å². The minimum atomic E-state index is -4.46. The minimum Gasteiger partial charge on any atom is -0.496 e. The fraction of sp³-hybridized carbons (Fsp3) is 0.333. The molecule has 0 spiro atoms. The zero-order valence-electron chi connectivity index (χ0n) is 18.2. The summed E-state index contributed by atoms with van der Waals surface area (Å²) in [6.45, 7) is 0.566. The largest absolute Gasteiger partial charge is 0.496 e. The van der Waals surface area contributed by atoms with Crippen LogP contribution in [0.25, 0.3) is 11.4 Å². The van der Waals surface area contributed by atoms with E-state index in [1.165, 1.54) is 13.2 Å². The number of alkyl halides is 3. The lowest BCUT2D eigenvalue weighted by atomic mass is 10.0. The number of hydrogen-bond donors (Lipinski definition) is 0. The van der Waals surface area contributed by atoms with Gasteiger partial charge in [0.2, 0.25) is 5.88 Å². The van der Waals surface area contributed by atoms with E-state index in [4.69, 9.17) is 9.47 Å². The Morgan fingerprint density at radius 1 is 1.06 bits per heavy atom. The molecular formula is C24H21F3N4O3. The van der Waals surface area contributed by atoms with Crippen LogP contribution in [0.2, 0.25) is 0 Å². The van der Waals surface area contributed by atoms with Gasteiger partial charge in [0.25, 0.3) is 5.91 Å². The first-order valence-electron chi connectivity index (χ1n) is 10.8. The first kappa shape index (κ1) is 22.1. The highest BCUT2D eigenvalue weighted by Gasteiger charge is 2.49. The second-order valence-corrected chi connectivity index (χ2v) is 8.36. The number of methoxy groups -OCH3 is 1. The van der Waals surface area contributed by atoms with Gasteiger partial charge in [0.15, 0.2) is 5.82 Å². The van der Waals surface area contributed by atoms with Crippen LogP contribution < -0.4 is 9.47 Å². The second-order valence-electron chi connectivity index (χ2n) is 8.36. The molecule has 3 aromatic rings. The number of pyridine rings is 1. The van der Waals surface area contributed by atoms with Crippen molar-refractivity contribution in [2.45, 2.75) is 31.2 Å². The predicted octanol–water partition coefficient (Wildman–Crippen LogP) is 4.25. The Bertz CT molecular complexity index is 1190. The number of fused-ring (bicyclic) bond motifs is 2. The van der Waals surface area contributed by atoms with E-state index in [1.807, 2.05) is 0 Å². The van der Waals surface area contributed by atoms with Crippen molar-refractivity contribution < 1.29 is 27.4 Å². The van der Waals surface area contributed by atoms with Crippen molar-refractivity contribution in [2.75, 3.05) is 13.7 Å². The summed E-state index contributed by atoms with van der Waals surface area (Å²) in [5.41, 5.74) is 0.0983. The van der Waals surface area contributed by atoms with Crippen molar-refractivity contribution in [1.82, 2.24) is 19.9 Å². The number of piperidine rings is 1. The highest BCUT2D eigenvalue weighted by atomic mass is 19.4. The Morgan fingerprint density at radius 2 is 1.85 bits per heavy atom. The molecule has 2 aromatic heterocycles. The van der Waals surface area contributed by atoms with E-state index in [0.717, 1.165) is 18.7 Å². The van der Waals surface area contributed by atoms with Gasteiger partial charge in [0, 0.05) is 36.8 Å². The van der Waals surface area contributed by atoms with Crippen molar-refractivity contribution in [1.29, 1.82) is 0 Å². The van der Waals surface area contributed by atoms with Crippen LogP contribution in [0.15, 0.2) is 55.0 Å². The predicted molar refractivity (Wildman–Crippen MR) is 115 cm³/mol. The van der Waals surface area contributed by atoms with E-state index >= 15 is 0 Å².